The van der Waals surface area contributed by atoms with Crippen LogP contribution in [0.3, 0.4) is 0 Å². The summed E-state index contributed by atoms with van der Waals surface area (Å²) >= 11 is 3.40. The number of ether oxygens (including phenoxy) is 1. The standard InChI is InChI=1S/C24H18BrFN2O2/c1-2-30-19-13-11-18(12-14-19)28-23(20-5-3-4-6-21(20)26)27-22(24(28)29)15-16-7-9-17(25)10-8-16/h3-15H,2H2,1H3/b22-15+. The monoisotopic (exact) mass is 464 g/mol. The largest absolute Gasteiger partial charge is 0.494 e. The summed E-state index contributed by atoms with van der Waals surface area (Å²) in [5.41, 5.74) is 1.92. The second-order valence-electron chi connectivity index (χ2n) is 6.56. The Morgan fingerprint density at radius 1 is 1.03 bits per heavy atom. The first-order chi connectivity index (χ1) is 14.6. The van der Waals surface area contributed by atoms with Gasteiger partial charge in [-0.25, -0.2) is 9.38 Å². The Hall–Kier alpha value is -3.25. The molecule has 0 aromatic heterocycles. The molecule has 1 amide bonds. The molecular weight excluding hydrogens is 447 g/mol. The maximum atomic E-state index is 14.6. The number of anilines is 1. The van der Waals surface area contributed by atoms with E-state index in [0.29, 0.717) is 18.0 Å². The highest BCUT2D eigenvalue weighted by Gasteiger charge is 2.33. The molecular formula is C24H18BrFN2O2. The van der Waals surface area contributed by atoms with Crippen LogP contribution in [0.4, 0.5) is 10.1 Å². The fraction of sp³-hybridized carbons (Fsp3) is 0.0833. The van der Waals surface area contributed by atoms with E-state index in [4.69, 9.17) is 4.74 Å². The van der Waals surface area contributed by atoms with Gasteiger partial charge in [0.2, 0.25) is 0 Å². The number of hydrogen-bond acceptors (Lipinski definition) is 3. The van der Waals surface area contributed by atoms with Gasteiger partial charge < -0.3 is 4.74 Å². The average Bonchev–Trinajstić information content (AvgIpc) is 3.07. The Kier molecular flexibility index (Phi) is 5.77. The van der Waals surface area contributed by atoms with Gasteiger partial charge in [0.1, 0.15) is 17.3 Å². The molecule has 0 fully saturated rings. The molecule has 1 aliphatic rings. The number of rotatable bonds is 5. The summed E-state index contributed by atoms with van der Waals surface area (Å²) < 4.78 is 21.0. The highest BCUT2D eigenvalue weighted by Crippen LogP contribution is 2.30. The molecule has 1 aliphatic heterocycles. The first-order valence-electron chi connectivity index (χ1n) is 9.45. The van der Waals surface area contributed by atoms with Gasteiger partial charge in [-0.2, -0.15) is 0 Å². The van der Waals surface area contributed by atoms with Gasteiger partial charge in [-0.3, -0.25) is 9.69 Å². The summed E-state index contributed by atoms with van der Waals surface area (Å²) in [7, 11) is 0. The third-order valence-electron chi connectivity index (χ3n) is 4.55. The third-order valence-corrected chi connectivity index (χ3v) is 5.08. The van der Waals surface area contributed by atoms with E-state index in [1.54, 1.807) is 48.5 Å². The van der Waals surface area contributed by atoms with Crippen LogP contribution >= 0.6 is 15.9 Å². The van der Waals surface area contributed by atoms with E-state index in [1.807, 2.05) is 31.2 Å². The number of hydrogen-bond donors (Lipinski definition) is 0. The highest BCUT2D eigenvalue weighted by atomic mass is 79.9. The molecule has 6 heteroatoms. The van der Waals surface area contributed by atoms with Crippen molar-refractivity contribution < 1.29 is 13.9 Å². The molecule has 150 valence electrons. The van der Waals surface area contributed by atoms with E-state index in [9.17, 15) is 9.18 Å². The highest BCUT2D eigenvalue weighted by molar-refractivity contribution is 9.10. The molecule has 1 heterocycles. The van der Waals surface area contributed by atoms with E-state index < -0.39 is 5.82 Å². The quantitative estimate of drug-likeness (QED) is 0.446. The predicted molar refractivity (Wildman–Crippen MR) is 120 cm³/mol. The lowest BCUT2D eigenvalue weighted by Crippen LogP contribution is -2.33. The normalized spacial score (nSPS) is 14.9. The zero-order valence-corrected chi connectivity index (χ0v) is 17.8. The lowest BCUT2D eigenvalue weighted by molar-refractivity contribution is -0.113. The Morgan fingerprint density at radius 3 is 2.40 bits per heavy atom. The van der Waals surface area contributed by atoms with E-state index in [0.717, 1.165) is 10.0 Å². The molecule has 0 unspecified atom stereocenters. The fourth-order valence-electron chi connectivity index (χ4n) is 3.15. The van der Waals surface area contributed by atoms with Gasteiger partial charge in [-0.1, -0.05) is 40.2 Å². The van der Waals surface area contributed by atoms with Gasteiger partial charge in [0.25, 0.3) is 5.91 Å². The minimum atomic E-state index is -0.440. The first kappa shape index (κ1) is 20.0. The SMILES string of the molecule is CCOc1ccc(N2C(=O)/C(=C\c3ccc(Br)cc3)N=C2c2ccccc2F)cc1. The van der Waals surface area contributed by atoms with Crippen molar-refractivity contribution in [2.75, 3.05) is 11.5 Å². The van der Waals surface area contributed by atoms with E-state index in [2.05, 4.69) is 20.9 Å². The molecule has 0 saturated carbocycles. The summed E-state index contributed by atoms with van der Waals surface area (Å²) in [6.07, 6.45) is 1.70. The molecule has 30 heavy (non-hydrogen) atoms. The van der Waals surface area contributed by atoms with Crippen LogP contribution in [0.1, 0.15) is 18.1 Å². The fourth-order valence-corrected chi connectivity index (χ4v) is 3.42. The molecule has 0 atom stereocenters. The smallest absolute Gasteiger partial charge is 0.282 e. The Labute approximate surface area is 182 Å². The van der Waals surface area contributed by atoms with E-state index in [-0.39, 0.29) is 23.0 Å². The van der Waals surface area contributed by atoms with Crippen molar-refractivity contribution in [2.45, 2.75) is 6.92 Å². The number of halogens is 2. The van der Waals surface area contributed by atoms with Gasteiger partial charge in [0, 0.05) is 4.47 Å². The van der Waals surface area contributed by atoms with Crippen molar-refractivity contribution in [3.63, 3.8) is 0 Å². The second kappa shape index (κ2) is 8.63. The minimum absolute atomic E-state index is 0.240. The van der Waals surface area contributed by atoms with Crippen molar-refractivity contribution in [3.05, 3.63) is 99.9 Å². The summed E-state index contributed by atoms with van der Waals surface area (Å²) in [6.45, 7) is 2.45. The van der Waals surface area contributed by atoms with Gasteiger partial charge in [-0.05, 0) is 67.1 Å². The number of amidine groups is 1. The van der Waals surface area contributed by atoms with Crippen LogP contribution in [0.15, 0.2) is 88.0 Å². The maximum absolute atomic E-state index is 14.6. The van der Waals surface area contributed by atoms with Crippen LogP contribution in [0.2, 0.25) is 0 Å². The van der Waals surface area contributed by atoms with Crippen LogP contribution in [0.25, 0.3) is 6.08 Å². The zero-order valence-electron chi connectivity index (χ0n) is 16.2. The number of carbonyl (C=O) groups excluding carboxylic acids is 1. The maximum Gasteiger partial charge on any atom is 0.282 e. The van der Waals surface area contributed by atoms with Crippen molar-refractivity contribution in [2.24, 2.45) is 4.99 Å². The van der Waals surface area contributed by atoms with Gasteiger partial charge in [0.05, 0.1) is 17.9 Å². The number of carbonyl (C=O) groups is 1. The number of aliphatic imine (C=N–C) groups is 1. The molecule has 0 radical (unpaired) electrons. The summed E-state index contributed by atoms with van der Waals surface area (Å²) in [5.74, 6) is 0.193. The minimum Gasteiger partial charge on any atom is -0.494 e. The van der Waals surface area contributed by atoms with Crippen molar-refractivity contribution in [1.29, 1.82) is 0 Å². The van der Waals surface area contributed by atoms with Crippen LogP contribution < -0.4 is 9.64 Å². The van der Waals surface area contributed by atoms with Gasteiger partial charge >= 0.3 is 0 Å². The number of nitrogens with zero attached hydrogens (tertiary/aromatic N) is 2. The number of benzene rings is 3. The third kappa shape index (κ3) is 4.04. The second-order valence-corrected chi connectivity index (χ2v) is 7.48. The molecule has 0 saturated heterocycles. The Balaban J connectivity index is 1.79. The zero-order chi connectivity index (χ0) is 21.1. The van der Waals surface area contributed by atoms with Crippen LogP contribution in [-0.2, 0) is 4.79 Å². The van der Waals surface area contributed by atoms with Crippen LogP contribution in [0.5, 0.6) is 5.75 Å². The van der Waals surface area contributed by atoms with Gasteiger partial charge in [-0.15, -0.1) is 0 Å². The molecule has 3 aromatic rings. The predicted octanol–water partition coefficient (Wildman–Crippen LogP) is 5.82. The van der Waals surface area contributed by atoms with E-state index in [1.165, 1.54) is 11.0 Å². The molecule has 4 nitrogen and oxygen atoms in total. The molecule has 0 aliphatic carbocycles. The molecule has 3 aromatic carbocycles. The van der Waals surface area contributed by atoms with Crippen molar-refractivity contribution in [1.82, 2.24) is 0 Å². The topological polar surface area (TPSA) is 41.9 Å². The molecule has 0 N–H and O–H groups in total. The summed E-state index contributed by atoms with van der Waals surface area (Å²) in [4.78, 5) is 19.2. The Bertz CT molecular complexity index is 1140. The molecule has 4 rings (SSSR count). The van der Waals surface area contributed by atoms with Gasteiger partial charge in [0.15, 0.2) is 5.84 Å². The summed E-state index contributed by atoms with van der Waals surface area (Å²) in [5, 5.41) is 0. The van der Waals surface area contributed by atoms with Crippen molar-refractivity contribution >= 4 is 39.4 Å². The van der Waals surface area contributed by atoms with Crippen LogP contribution in [0, 0.1) is 5.82 Å². The Morgan fingerprint density at radius 2 is 1.73 bits per heavy atom. The van der Waals surface area contributed by atoms with Crippen LogP contribution in [-0.4, -0.2) is 18.3 Å². The lowest BCUT2D eigenvalue weighted by Gasteiger charge is -2.19. The summed E-state index contributed by atoms with van der Waals surface area (Å²) in [6, 6.07) is 20.9. The lowest BCUT2D eigenvalue weighted by atomic mass is 10.1. The van der Waals surface area contributed by atoms with E-state index >= 15 is 0 Å². The molecule has 0 bridgehead atoms. The number of amides is 1. The van der Waals surface area contributed by atoms with Crippen molar-refractivity contribution in [3.8, 4) is 5.75 Å². The average molecular weight is 465 g/mol. The first-order valence-corrected chi connectivity index (χ1v) is 10.2. The molecule has 0 spiro atoms.